The Bertz CT molecular complexity index is 201. The lowest BCUT2D eigenvalue weighted by Gasteiger charge is -2.46. The second-order valence-corrected chi connectivity index (χ2v) is 6.65. The topological polar surface area (TPSA) is 21.3 Å². The minimum absolute atomic E-state index is 0.0139. The number of ether oxygens (including phenoxy) is 1. The van der Waals surface area contributed by atoms with Gasteiger partial charge in [0.25, 0.3) is 0 Å². The Balaban J connectivity index is 2.65. The van der Waals surface area contributed by atoms with Crippen LogP contribution >= 0.6 is 0 Å². The second kappa shape index (κ2) is 3.49. The lowest BCUT2D eigenvalue weighted by atomic mass is 9.81. The molecular formula is C12H25NO. The molecule has 0 amide bonds. The van der Waals surface area contributed by atoms with Gasteiger partial charge in [-0.05, 0) is 32.6 Å². The summed E-state index contributed by atoms with van der Waals surface area (Å²) in [4.78, 5) is 0. The van der Waals surface area contributed by atoms with Crippen LogP contribution in [-0.4, -0.2) is 24.3 Å². The SMILES string of the molecule is CC(C)(C)CC1(C)CNCC(C)(C)O1. The summed E-state index contributed by atoms with van der Waals surface area (Å²) in [7, 11) is 0. The van der Waals surface area contributed by atoms with E-state index >= 15 is 0 Å². The van der Waals surface area contributed by atoms with Crippen molar-refractivity contribution in [3.05, 3.63) is 0 Å². The van der Waals surface area contributed by atoms with Gasteiger partial charge in [-0.2, -0.15) is 0 Å². The van der Waals surface area contributed by atoms with Crippen molar-refractivity contribution < 1.29 is 4.74 Å². The van der Waals surface area contributed by atoms with Gasteiger partial charge in [0.2, 0.25) is 0 Å². The van der Waals surface area contributed by atoms with Gasteiger partial charge in [0, 0.05) is 13.1 Å². The molecule has 84 valence electrons. The van der Waals surface area contributed by atoms with E-state index in [1.807, 2.05) is 0 Å². The van der Waals surface area contributed by atoms with Crippen LogP contribution in [-0.2, 0) is 4.74 Å². The zero-order valence-electron chi connectivity index (χ0n) is 10.5. The Morgan fingerprint density at radius 3 is 2.14 bits per heavy atom. The molecule has 1 heterocycles. The molecule has 0 aromatic rings. The van der Waals surface area contributed by atoms with Crippen LogP contribution in [0, 0.1) is 5.41 Å². The molecule has 0 aromatic carbocycles. The molecule has 1 unspecified atom stereocenters. The highest BCUT2D eigenvalue weighted by Gasteiger charge is 2.39. The van der Waals surface area contributed by atoms with Crippen molar-refractivity contribution in [3.63, 3.8) is 0 Å². The van der Waals surface area contributed by atoms with Gasteiger partial charge in [-0.1, -0.05) is 20.8 Å². The van der Waals surface area contributed by atoms with Crippen LogP contribution in [0.1, 0.15) is 48.0 Å². The summed E-state index contributed by atoms with van der Waals surface area (Å²) in [5.74, 6) is 0. The van der Waals surface area contributed by atoms with Crippen molar-refractivity contribution in [2.45, 2.75) is 59.2 Å². The quantitative estimate of drug-likeness (QED) is 0.701. The summed E-state index contributed by atoms with van der Waals surface area (Å²) < 4.78 is 6.17. The van der Waals surface area contributed by atoms with Crippen molar-refractivity contribution in [1.29, 1.82) is 0 Å². The normalized spacial score (nSPS) is 33.0. The summed E-state index contributed by atoms with van der Waals surface area (Å²) in [6.45, 7) is 15.2. The first-order valence-corrected chi connectivity index (χ1v) is 5.53. The molecule has 0 aliphatic carbocycles. The molecule has 2 heteroatoms. The van der Waals surface area contributed by atoms with E-state index in [4.69, 9.17) is 4.74 Å². The second-order valence-electron chi connectivity index (χ2n) is 6.65. The summed E-state index contributed by atoms with van der Waals surface area (Å²) in [5, 5.41) is 3.46. The van der Waals surface area contributed by atoms with Crippen molar-refractivity contribution in [1.82, 2.24) is 5.32 Å². The first-order valence-electron chi connectivity index (χ1n) is 5.53. The van der Waals surface area contributed by atoms with Gasteiger partial charge in [0.15, 0.2) is 0 Å². The highest BCUT2D eigenvalue weighted by molar-refractivity contribution is 4.92. The van der Waals surface area contributed by atoms with Gasteiger partial charge in [0.05, 0.1) is 11.2 Å². The molecule has 0 spiro atoms. The molecule has 1 saturated heterocycles. The van der Waals surface area contributed by atoms with E-state index in [0.29, 0.717) is 5.41 Å². The number of rotatable bonds is 1. The smallest absolute Gasteiger partial charge is 0.0791 e. The zero-order valence-corrected chi connectivity index (χ0v) is 10.5. The fourth-order valence-electron chi connectivity index (χ4n) is 2.59. The van der Waals surface area contributed by atoms with Crippen LogP contribution in [0.3, 0.4) is 0 Å². The number of morpholine rings is 1. The molecule has 2 nitrogen and oxygen atoms in total. The first-order chi connectivity index (χ1) is 6.12. The molecule has 0 radical (unpaired) electrons. The fourth-order valence-corrected chi connectivity index (χ4v) is 2.59. The van der Waals surface area contributed by atoms with Gasteiger partial charge < -0.3 is 10.1 Å². The van der Waals surface area contributed by atoms with Crippen molar-refractivity contribution in [2.75, 3.05) is 13.1 Å². The highest BCUT2D eigenvalue weighted by Crippen LogP contribution is 2.34. The van der Waals surface area contributed by atoms with Gasteiger partial charge >= 0.3 is 0 Å². The fraction of sp³-hybridized carbons (Fsp3) is 1.00. The van der Waals surface area contributed by atoms with Gasteiger partial charge in [-0.15, -0.1) is 0 Å². The van der Waals surface area contributed by atoms with E-state index in [-0.39, 0.29) is 11.2 Å². The van der Waals surface area contributed by atoms with Crippen molar-refractivity contribution >= 4 is 0 Å². The van der Waals surface area contributed by atoms with Crippen LogP contribution in [0.15, 0.2) is 0 Å². The molecule has 1 aliphatic rings. The Morgan fingerprint density at radius 2 is 1.71 bits per heavy atom. The molecule has 1 fully saturated rings. The van der Waals surface area contributed by atoms with Crippen LogP contribution in [0.5, 0.6) is 0 Å². The van der Waals surface area contributed by atoms with Gasteiger partial charge in [-0.3, -0.25) is 0 Å². The number of nitrogens with one attached hydrogen (secondary N) is 1. The maximum Gasteiger partial charge on any atom is 0.0791 e. The molecule has 1 rings (SSSR count). The maximum absolute atomic E-state index is 6.17. The average molecular weight is 199 g/mol. The van der Waals surface area contributed by atoms with E-state index < -0.39 is 0 Å². The van der Waals surface area contributed by atoms with E-state index in [1.165, 1.54) is 0 Å². The maximum atomic E-state index is 6.17. The third-order valence-electron chi connectivity index (χ3n) is 2.48. The Morgan fingerprint density at radius 1 is 1.14 bits per heavy atom. The summed E-state index contributed by atoms with van der Waals surface area (Å²) in [6, 6.07) is 0. The third kappa shape index (κ3) is 3.58. The molecule has 1 aliphatic heterocycles. The Labute approximate surface area is 88.4 Å². The largest absolute Gasteiger partial charge is 0.367 e. The van der Waals surface area contributed by atoms with E-state index in [1.54, 1.807) is 0 Å². The molecule has 1 N–H and O–H groups in total. The third-order valence-corrected chi connectivity index (χ3v) is 2.48. The monoisotopic (exact) mass is 199 g/mol. The lowest BCUT2D eigenvalue weighted by Crippen LogP contribution is -2.57. The first kappa shape index (κ1) is 12.0. The zero-order chi connectivity index (χ0) is 11.0. The highest BCUT2D eigenvalue weighted by atomic mass is 16.5. The van der Waals surface area contributed by atoms with Crippen LogP contribution in [0.4, 0.5) is 0 Å². The van der Waals surface area contributed by atoms with E-state index in [2.05, 4.69) is 46.9 Å². The molecule has 14 heavy (non-hydrogen) atoms. The molecule has 0 saturated carbocycles. The number of hydrogen-bond acceptors (Lipinski definition) is 2. The predicted octanol–water partition coefficient (Wildman–Crippen LogP) is 2.58. The lowest BCUT2D eigenvalue weighted by molar-refractivity contribution is -0.165. The minimum Gasteiger partial charge on any atom is -0.367 e. The standard InChI is InChI=1S/C12H25NO/c1-10(2,3)7-12(6)9-13-8-11(4,5)14-12/h13H,7-9H2,1-6H3. The molecule has 1 atom stereocenters. The van der Waals surface area contributed by atoms with Gasteiger partial charge in [0.1, 0.15) is 0 Å². The summed E-state index contributed by atoms with van der Waals surface area (Å²) >= 11 is 0. The Kier molecular flexibility index (Phi) is 2.99. The van der Waals surface area contributed by atoms with Crippen LogP contribution in [0.2, 0.25) is 0 Å². The van der Waals surface area contributed by atoms with E-state index in [9.17, 15) is 0 Å². The van der Waals surface area contributed by atoms with Crippen molar-refractivity contribution in [3.8, 4) is 0 Å². The molecule has 0 aromatic heterocycles. The predicted molar refractivity (Wildman–Crippen MR) is 60.5 cm³/mol. The average Bonchev–Trinajstić information content (AvgIpc) is 1.75. The number of hydrogen-bond donors (Lipinski definition) is 1. The molecule has 0 bridgehead atoms. The van der Waals surface area contributed by atoms with Crippen LogP contribution in [0.25, 0.3) is 0 Å². The Hall–Kier alpha value is -0.0800. The minimum atomic E-state index is -0.0295. The van der Waals surface area contributed by atoms with Crippen LogP contribution < -0.4 is 5.32 Å². The van der Waals surface area contributed by atoms with Gasteiger partial charge in [-0.25, -0.2) is 0 Å². The molecular weight excluding hydrogens is 174 g/mol. The summed E-state index contributed by atoms with van der Waals surface area (Å²) in [5.41, 5.74) is 0.280. The summed E-state index contributed by atoms with van der Waals surface area (Å²) in [6.07, 6.45) is 1.09. The van der Waals surface area contributed by atoms with E-state index in [0.717, 1.165) is 19.5 Å². The van der Waals surface area contributed by atoms with Crippen molar-refractivity contribution in [2.24, 2.45) is 5.41 Å².